The zero-order chi connectivity index (χ0) is 30.2. The first-order valence-electron chi connectivity index (χ1n) is 13.9. The Labute approximate surface area is 244 Å². The summed E-state index contributed by atoms with van der Waals surface area (Å²) in [5, 5.41) is 2.95. The number of carbonyl (C=O) groups excluding carboxylic acids is 2. The van der Waals surface area contributed by atoms with Crippen LogP contribution in [0.2, 0.25) is 0 Å². The van der Waals surface area contributed by atoms with Gasteiger partial charge in [-0.1, -0.05) is 61.9 Å². The first kappa shape index (κ1) is 31.7. The molecule has 0 saturated carbocycles. The molecule has 0 spiro atoms. The lowest BCUT2D eigenvalue weighted by atomic mass is 10.1. The molecule has 1 N–H and O–H groups in total. The van der Waals surface area contributed by atoms with Crippen LogP contribution in [-0.2, 0) is 32.6 Å². The zero-order valence-electron chi connectivity index (χ0n) is 24.8. The number of ether oxygens (including phenoxy) is 1. The summed E-state index contributed by atoms with van der Waals surface area (Å²) in [7, 11) is -2.54. The molecule has 41 heavy (non-hydrogen) atoms. The fourth-order valence-corrected chi connectivity index (χ4v) is 5.83. The second-order valence-corrected chi connectivity index (χ2v) is 12.0. The first-order chi connectivity index (χ1) is 19.5. The van der Waals surface area contributed by atoms with Gasteiger partial charge in [-0.25, -0.2) is 8.42 Å². The molecule has 0 saturated heterocycles. The molecule has 0 heterocycles. The number of benzene rings is 3. The molecule has 2 amide bonds. The molecule has 220 valence electrons. The molecule has 2 unspecified atom stereocenters. The van der Waals surface area contributed by atoms with Crippen LogP contribution in [0.5, 0.6) is 5.75 Å². The van der Waals surface area contributed by atoms with E-state index in [9.17, 15) is 18.0 Å². The standard InChI is InChI=1S/C32H41N3O5S/c1-7-24(4)33-32(37)25(5)34(21-26-15-17-28(40-6)18-16-26)31(36)22-35(30-12-10-9-11-27(30)8-2)41(38,39)29-19-13-23(3)14-20-29/h9-20,24-25H,7-8,21-22H2,1-6H3,(H,33,37). The summed E-state index contributed by atoms with van der Waals surface area (Å²) < 4.78 is 34.5. The van der Waals surface area contributed by atoms with E-state index < -0.39 is 28.5 Å². The summed E-state index contributed by atoms with van der Waals surface area (Å²) >= 11 is 0. The minimum absolute atomic E-state index is 0.0715. The predicted octanol–water partition coefficient (Wildman–Crippen LogP) is 5.09. The first-order valence-corrected chi connectivity index (χ1v) is 15.4. The van der Waals surface area contributed by atoms with E-state index in [1.165, 1.54) is 9.21 Å². The highest BCUT2D eigenvalue weighted by molar-refractivity contribution is 7.92. The Balaban J connectivity index is 2.05. The van der Waals surface area contributed by atoms with Crippen LogP contribution in [0.4, 0.5) is 5.69 Å². The number of para-hydroxylation sites is 1. The second-order valence-electron chi connectivity index (χ2n) is 10.2. The van der Waals surface area contributed by atoms with Crippen LogP contribution < -0.4 is 14.4 Å². The van der Waals surface area contributed by atoms with Crippen LogP contribution in [0.1, 0.15) is 50.8 Å². The maximum Gasteiger partial charge on any atom is 0.264 e. The van der Waals surface area contributed by atoms with Crippen molar-refractivity contribution < 1.29 is 22.7 Å². The normalized spacial score (nSPS) is 12.7. The molecule has 2 atom stereocenters. The summed E-state index contributed by atoms with van der Waals surface area (Å²) in [6.45, 7) is 9.00. The van der Waals surface area contributed by atoms with Gasteiger partial charge in [0.1, 0.15) is 18.3 Å². The van der Waals surface area contributed by atoms with Crippen molar-refractivity contribution in [3.05, 3.63) is 89.5 Å². The maximum atomic E-state index is 14.1. The molecule has 3 aromatic carbocycles. The summed E-state index contributed by atoms with van der Waals surface area (Å²) in [6.07, 6.45) is 1.31. The Hall–Kier alpha value is -3.85. The number of sulfonamides is 1. The van der Waals surface area contributed by atoms with E-state index >= 15 is 0 Å². The number of aryl methyl sites for hydroxylation is 2. The summed E-state index contributed by atoms with van der Waals surface area (Å²) in [5.74, 6) is -0.127. The molecule has 0 radical (unpaired) electrons. The smallest absolute Gasteiger partial charge is 0.264 e. The summed E-state index contributed by atoms with van der Waals surface area (Å²) in [4.78, 5) is 28.8. The fourth-order valence-electron chi connectivity index (χ4n) is 4.38. The van der Waals surface area contributed by atoms with Crippen molar-refractivity contribution >= 4 is 27.5 Å². The van der Waals surface area contributed by atoms with Crippen molar-refractivity contribution in [3.63, 3.8) is 0 Å². The van der Waals surface area contributed by atoms with Crippen LogP contribution in [-0.4, -0.2) is 50.9 Å². The highest BCUT2D eigenvalue weighted by Crippen LogP contribution is 2.28. The van der Waals surface area contributed by atoms with Gasteiger partial charge in [-0.05, 0) is 75.1 Å². The van der Waals surface area contributed by atoms with E-state index in [0.29, 0.717) is 17.9 Å². The van der Waals surface area contributed by atoms with Crippen molar-refractivity contribution in [1.82, 2.24) is 10.2 Å². The van der Waals surface area contributed by atoms with E-state index in [0.717, 1.165) is 23.1 Å². The molecule has 0 bridgehead atoms. The Bertz CT molecular complexity index is 1420. The van der Waals surface area contributed by atoms with Gasteiger partial charge >= 0.3 is 0 Å². The van der Waals surface area contributed by atoms with Crippen molar-refractivity contribution in [2.24, 2.45) is 0 Å². The van der Waals surface area contributed by atoms with Gasteiger partial charge in [0, 0.05) is 12.6 Å². The maximum absolute atomic E-state index is 14.1. The van der Waals surface area contributed by atoms with Crippen LogP contribution in [0, 0.1) is 6.92 Å². The molecule has 0 aliphatic rings. The molecular weight excluding hydrogens is 538 g/mol. The fraction of sp³-hybridized carbons (Fsp3) is 0.375. The second kappa shape index (κ2) is 14.2. The lowest BCUT2D eigenvalue weighted by molar-refractivity contribution is -0.139. The number of rotatable bonds is 13. The van der Waals surface area contributed by atoms with Gasteiger partial charge < -0.3 is 15.0 Å². The van der Waals surface area contributed by atoms with Gasteiger partial charge in [-0.15, -0.1) is 0 Å². The minimum Gasteiger partial charge on any atom is -0.497 e. The average Bonchev–Trinajstić information content (AvgIpc) is 2.98. The van der Waals surface area contributed by atoms with E-state index in [1.807, 2.05) is 52.0 Å². The van der Waals surface area contributed by atoms with Gasteiger partial charge in [0.05, 0.1) is 17.7 Å². The van der Waals surface area contributed by atoms with Gasteiger partial charge in [0.2, 0.25) is 11.8 Å². The number of nitrogens with one attached hydrogen (secondary N) is 1. The number of nitrogens with zero attached hydrogens (tertiary/aromatic N) is 2. The summed E-state index contributed by atoms with van der Waals surface area (Å²) in [5.41, 5.74) is 2.93. The zero-order valence-corrected chi connectivity index (χ0v) is 25.6. The molecule has 0 aromatic heterocycles. The number of anilines is 1. The van der Waals surface area contributed by atoms with Crippen molar-refractivity contribution in [3.8, 4) is 5.75 Å². The number of methoxy groups -OCH3 is 1. The SMILES string of the molecule is CCc1ccccc1N(CC(=O)N(Cc1ccc(OC)cc1)C(C)C(=O)NC(C)CC)S(=O)(=O)c1ccc(C)cc1. The molecule has 8 nitrogen and oxygen atoms in total. The molecule has 0 fully saturated rings. The summed E-state index contributed by atoms with van der Waals surface area (Å²) in [6, 6.07) is 20.0. The Morgan fingerprint density at radius 1 is 0.927 bits per heavy atom. The van der Waals surface area contributed by atoms with E-state index in [-0.39, 0.29) is 23.4 Å². The van der Waals surface area contributed by atoms with E-state index in [1.54, 1.807) is 62.6 Å². The Morgan fingerprint density at radius 2 is 1.56 bits per heavy atom. The minimum atomic E-state index is -4.11. The number of hydrogen-bond donors (Lipinski definition) is 1. The number of hydrogen-bond acceptors (Lipinski definition) is 5. The quantitative estimate of drug-likeness (QED) is 0.304. The molecule has 0 aliphatic carbocycles. The van der Waals surface area contributed by atoms with Gasteiger partial charge in [0.25, 0.3) is 10.0 Å². The van der Waals surface area contributed by atoms with Crippen molar-refractivity contribution in [2.45, 2.75) is 71.0 Å². The molecule has 0 aliphatic heterocycles. The molecule has 9 heteroatoms. The van der Waals surface area contributed by atoms with Gasteiger partial charge in [-0.2, -0.15) is 0 Å². The Kier molecular flexibility index (Phi) is 10.9. The third-order valence-electron chi connectivity index (χ3n) is 7.21. The number of amides is 2. The van der Waals surface area contributed by atoms with Crippen LogP contribution in [0.15, 0.2) is 77.7 Å². The van der Waals surface area contributed by atoms with Crippen LogP contribution in [0.25, 0.3) is 0 Å². The average molecular weight is 580 g/mol. The highest BCUT2D eigenvalue weighted by atomic mass is 32.2. The van der Waals surface area contributed by atoms with Crippen LogP contribution >= 0.6 is 0 Å². The van der Waals surface area contributed by atoms with E-state index in [4.69, 9.17) is 4.74 Å². The van der Waals surface area contributed by atoms with Gasteiger partial charge in [0.15, 0.2) is 0 Å². The predicted molar refractivity (Wildman–Crippen MR) is 162 cm³/mol. The highest BCUT2D eigenvalue weighted by Gasteiger charge is 2.33. The van der Waals surface area contributed by atoms with Gasteiger partial charge in [-0.3, -0.25) is 13.9 Å². The third-order valence-corrected chi connectivity index (χ3v) is 8.98. The Morgan fingerprint density at radius 3 is 2.15 bits per heavy atom. The van der Waals surface area contributed by atoms with Crippen molar-refractivity contribution in [1.29, 1.82) is 0 Å². The monoisotopic (exact) mass is 579 g/mol. The molecule has 3 aromatic rings. The molecular formula is C32H41N3O5S. The van der Waals surface area contributed by atoms with E-state index in [2.05, 4.69) is 5.32 Å². The third kappa shape index (κ3) is 7.88. The topological polar surface area (TPSA) is 96.0 Å². The molecule has 3 rings (SSSR count). The van der Waals surface area contributed by atoms with Crippen LogP contribution in [0.3, 0.4) is 0 Å². The van der Waals surface area contributed by atoms with Crippen molar-refractivity contribution in [2.75, 3.05) is 18.0 Å². The lowest BCUT2D eigenvalue weighted by Gasteiger charge is -2.33. The lowest BCUT2D eigenvalue weighted by Crippen LogP contribution is -2.52. The number of carbonyl (C=O) groups is 2. The largest absolute Gasteiger partial charge is 0.497 e.